The van der Waals surface area contributed by atoms with Gasteiger partial charge in [-0.15, -0.1) is 0 Å². The number of carbonyl (C=O) groups excluding carboxylic acids is 1. The quantitative estimate of drug-likeness (QED) is 0.483. The van der Waals surface area contributed by atoms with Gasteiger partial charge in [-0.3, -0.25) is 4.79 Å². The normalized spacial score (nSPS) is 23.1. The van der Waals surface area contributed by atoms with Crippen LogP contribution < -0.4 is 18.9 Å². The Morgan fingerprint density at radius 3 is 2.11 bits per heavy atom. The lowest BCUT2D eigenvalue weighted by Crippen LogP contribution is -2.53. The maximum Gasteiger partial charge on any atom is 0.320 e. The Kier molecular flexibility index (Phi) is 7.27. The van der Waals surface area contributed by atoms with Gasteiger partial charge >= 0.3 is 12.0 Å². The van der Waals surface area contributed by atoms with Crippen LogP contribution in [0, 0.1) is 5.92 Å². The van der Waals surface area contributed by atoms with Crippen LogP contribution in [0.1, 0.15) is 63.5 Å². The van der Waals surface area contributed by atoms with Crippen molar-refractivity contribution in [3.63, 3.8) is 0 Å². The van der Waals surface area contributed by atoms with Crippen molar-refractivity contribution < 1.29 is 33.6 Å². The third-order valence-electron chi connectivity index (χ3n) is 8.06. The topological polar surface area (TPSA) is 97.8 Å². The summed E-state index contributed by atoms with van der Waals surface area (Å²) in [6.45, 7) is 7.85. The largest absolute Gasteiger partial charge is 0.481 e. The van der Waals surface area contributed by atoms with Crippen LogP contribution in [0.2, 0.25) is 0 Å². The fourth-order valence-electron chi connectivity index (χ4n) is 5.90. The second-order valence-corrected chi connectivity index (χ2v) is 10.3. The van der Waals surface area contributed by atoms with Crippen LogP contribution in [-0.4, -0.2) is 60.1 Å². The Hall–Kier alpha value is -3.62. The molecular formula is C29H36N2O7. The van der Waals surface area contributed by atoms with Crippen molar-refractivity contribution in [2.45, 2.75) is 57.9 Å². The minimum absolute atomic E-state index is 0.113. The highest BCUT2D eigenvalue weighted by atomic mass is 16.7. The van der Waals surface area contributed by atoms with Crippen LogP contribution in [0.25, 0.3) is 0 Å². The van der Waals surface area contributed by atoms with E-state index in [0.717, 1.165) is 31.2 Å². The number of aliphatic carboxylic acids is 1. The molecule has 2 aromatic carbocycles. The molecule has 0 spiro atoms. The van der Waals surface area contributed by atoms with E-state index >= 15 is 0 Å². The van der Waals surface area contributed by atoms with E-state index < -0.39 is 23.3 Å². The number of fused-ring (bicyclic) bond motifs is 2. The van der Waals surface area contributed by atoms with Gasteiger partial charge in [0.1, 0.15) is 0 Å². The van der Waals surface area contributed by atoms with Gasteiger partial charge in [-0.2, -0.15) is 0 Å². The molecule has 0 bridgehead atoms. The number of urea groups is 1. The summed E-state index contributed by atoms with van der Waals surface area (Å²) >= 11 is 0. The maximum absolute atomic E-state index is 14.3. The molecule has 1 N–H and O–H groups in total. The lowest BCUT2D eigenvalue weighted by atomic mass is 9.74. The van der Waals surface area contributed by atoms with E-state index in [2.05, 4.69) is 13.8 Å². The molecule has 9 nitrogen and oxygen atoms in total. The molecular weight excluding hydrogens is 488 g/mol. The molecule has 204 valence electrons. The van der Waals surface area contributed by atoms with Gasteiger partial charge in [0.25, 0.3) is 0 Å². The van der Waals surface area contributed by atoms with E-state index in [1.807, 2.05) is 42.2 Å². The van der Waals surface area contributed by atoms with Crippen molar-refractivity contribution in [3.05, 3.63) is 47.5 Å². The highest BCUT2D eigenvalue weighted by Crippen LogP contribution is 2.53. The van der Waals surface area contributed by atoms with E-state index in [0.29, 0.717) is 41.7 Å². The van der Waals surface area contributed by atoms with E-state index in [1.54, 1.807) is 11.0 Å². The van der Waals surface area contributed by atoms with Crippen molar-refractivity contribution in [3.8, 4) is 23.0 Å². The monoisotopic (exact) mass is 524 g/mol. The maximum atomic E-state index is 14.3. The summed E-state index contributed by atoms with van der Waals surface area (Å²) in [5.74, 6) is 0.0634. The summed E-state index contributed by atoms with van der Waals surface area (Å²) in [5, 5.41) is 10.7. The number of likely N-dealkylation sites (tertiary alicyclic amines) is 1. The molecule has 3 aliphatic heterocycles. The molecule has 3 aliphatic rings. The molecule has 1 saturated heterocycles. The molecule has 0 saturated carbocycles. The Balaban J connectivity index is 1.60. The number of ether oxygens (including phenoxy) is 4. The number of benzene rings is 2. The summed E-state index contributed by atoms with van der Waals surface area (Å²) < 4.78 is 22.2. The van der Waals surface area contributed by atoms with Crippen LogP contribution >= 0.6 is 0 Å². The first-order valence-electron chi connectivity index (χ1n) is 13.5. The Morgan fingerprint density at radius 2 is 1.50 bits per heavy atom. The first-order chi connectivity index (χ1) is 18.4. The molecule has 1 unspecified atom stereocenters. The molecule has 5 rings (SSSR count). The van der Waals surface area contributed by atoms with Crippen LogP contribution in [-0.2, 0) is 10.3 Å². The first-order valence-corrected chi connectivity index (χ1v) is 13.5. The molecule has 3 atom stereocenters. The summed E-state index contributed by atoms with van der Waals surface area (Å²) in [5.41, 5.74) is 0.371. The molecule has 3 heterocycles. The predicted molar refractivity (Wildman–Crippen MR) is 140 cm³/mol. The van der Waals surface area contributed by atoms with Crippen molar-refractivity contribution in [1.82, 2.24) is 9.80 Å². The summed E-state index contributed by atoms with van der Waals surface area (Å²) in [4.78, 5) is 31.0. The van der Waals surface area contributed by atoms with E-state index in [-0.39, 0.29) is 26.2 Å². The fraction of sp³-hybridized carbons (Fsp3) is 0.517. The average Bonchev–Trinajstić information content (AvgIpc) is 3.64. The van der Waals surface area contributed by atoms with E-state index in [9.17, 15) is 14.7 Å². The first kappa shape index (κ1) is 26.0. The van der Waals surface area contributed by atoms with Gasteiger partial charge in [-0.05, 0) is 55.2 Å². The minimum atomic E-state index is -1.14. The smallest absolute Gasteiger partial charge is 0.320 e. The molecule has 2 amide bonds. The fourth-order valence-corrected chi connectivity index (χ4v) is 5.90. The molecule has 0 aliphatic carbocycles. The number of hydrogen-bond donors (Lipinski definition) is 1. The predicted octanol–water partition coefficient (Wildman–Crippen LogP) is 5.18. The van der Waals surface area contributed by atoms with E-state index in [1.165, 1.54) is 0 Å². The molecule has 0 radical (unpaired) electrons. The van der Waals surface area contributed by atoms with Gasteiger partial charge in [-0.1, -0.05) is 38.8 Å². The molecule has 0 aromatic heterocycles. The van der Waals surface area contributed by atoms with Gasteiger partial charge in [0.15, 0.2) is 23.0 Å². The number of unbranched alkanes of at least 4 members (excludes halogenated alkanes) is 2. The molecule has 2 aromatic rings. The second kappa shape index (κ2) is 10.6. The van der Waals surface area contributed by atoms with Crippen molar-refractivity contribution in [2.75, 3.05) is 33.2 Å². The molecule has 9 heteroatoms. The third kappa shape index (κ3) is 4.48. The number of rotatable bonds is 9. The number of nitrogens with zero attached hydrogens (tertiary/aromatic N) is 2. The van der Waals surface area contributed by atoms with Crippen LogP contribution in [0.5, 0.6) is 23.0 Å². The standard InChI is InChI=1S/C29H36N2O7/c1-4-6-12-30(13-7-5-2)28(34)31-16-21(19-8-10-22-24(14-19)37-17-35-22)26(27(32)33)29(31,3)20-9-11-23-25(15-20)38-18-36-23/h8-11,14-15,21,26H,4-7,12-13,16-18H2,1-3H3,(H,32,33)/t21-,26+,29?/m0/s1. The highest BCUT2D eigenvalue weighted by Gasteiger charge is 2.58. The third-order valence-corrected chi connectivity index (χ3v) is 8.06. The van der Waals surface area contributed by atoms with E-state index in [4.69, 9.17) is 18.9 Å². The highest BCUT2D eigenvalue weighted by molar-refractivity contribution is 5.81. The second-order valence-electron chi connectivity index (χ2n) is 10.3. The van der Waals surface area contributed by atoms with Gasteiger partial charge < -0.3 is 33.9 Å². The van der Waals surface area contributed by atoms with Gasteiger partial charge in [-0.25, -0.2) is 4.79 Å². The average molecular weight is 525 g/mol. The number of hydrogen-bond acceptors (Lipinski definition) is 6. The molecule has 1 fully saturated rings. The van der Waals surface area contributed by atoms with Crippen molar-refractivity contribution in [2.24, 2.45) is 5.92 Å². The number of amides is 2. The zero-order chi connectivity index (χ0) is 26.9. The number of carboxylic acids is 1. The Labute approximate surface area is 223 Å². The van der Waals surface area contributed by atoms with Gasteiger partial charge in [0.2, 0.25) is 13.6 Å². The SMILES string of the molecule is CCCCN(CCCC)C(=O)N1C[C@@H](c2ccc3c(c2)OCO3)[C@H](C(=O)O)C1(C)c1ccc2c(c1)OCO2. The Morgan fingerprint density at radius 1 is 0.921 bits per heavy atom. The zero-order valence-electron chi connectivity index (χ0n) is 22.3. The summed E-state index contributed by atoms with van der Waals surface area (Å²) in [6, 6.07) is 10.9. The number of carboxylic acid groups (broad SMARTS) is 1. The zero-order valence-corrected chi connectivity index (χ0v) is 22.3. The summed E-state index contributed by atoms with van der Waals surface area (Å²) in [6.07, 6.45) is 3.70. The van der Waals surface area contributed by atoms with Crippen LogP contribution in [0.15, 0.2) is 36.4 Å². The Bertz CT molecular complexity index is 1190. The van der Waals surface area contributed by atoms with Crippen LogP contribution in [0.3, 0.4) is 0 Å². The van der Waals surface area contributed by atoms with Crippen molar-refractivity contribution in [1.29, 1.82) is 0 Å². The van der Waals surface area contributed by atoms with Gasteiger partial charge in [0.05, 0.1) is 11.5 Å². The number of carbonyl (C=O) groups is 2. The van der Waals surface area contributed by atoms with Crippen molar-refractivity contribution >= 4 is 12.0 Å². The lowest BCUT2D eigenvalue weighted by molar-refractivity contribution is -0.145. The summed E-state index contributed by atoms with van der Waals surface area (Å²) in [7, 11) is 0. The lowest BCUT2D eigenvalue weighted by Gasteiger charge is -2.41. The van der Waals surface area contributed by atoms with Crippen LogP contribution in [0.4, 0.5) is 4.79 Å². The molecule has 38 heavy (non-hydrogen) atoms. The minimum Gasteiger partial charge on any atom is -0.481 e. The van der Waals surface area contributed by atoms with Gasteiger partial charge in [0, 0.05) is 25.6 Å².